The van der Waals surface area contributed by atoms with E-state index in [1.807, 2.05) is 5.10 Å². The van der Waals surface area contributed by atoms with Crippen LogP contribution in [0.2, 0.25) is 5.02 Å². The molecule has 0 saturated carbocycles. The molecule has 2 heterocycles. The molecule has 96 valence electrons. The summed E-state index contributed by atoms with van der Waals surface area (Å²) in [7, 11) is 0. The lowest BCUT2D eigenvalue weighted by molar-refractivity contribution is -0.141. The average Bonchev–Trinajstić information content (AvgIpc) is 2.71. The van der Waals surface area contributed by atoms with Crippen molar-refractivity contribution < 1.29 is 13.2 Å². The van der Waals surface area contributed by atoms with E-state index in [9.17, 15) is 13.2 Å². The molecule has 2 aromatic rings. The zero-order valence-corrected chi connectivity index (χ0v) is 9.34. The van der Waals surface area contributed by atoms with Gasteiger partial charge in [0.05, 0.1) is 6.20 Å². The number of halogens is 4. The van der Waals surface area contributed by atoms with E-state index >= 15 is 0 Å². The van der Waals surface area contributed by atoms with Gasteiger partial charge in [-0.25, -0.2) is 4.98 Å². The molecule has 18 heavy (non-hydrogen) atoms. The number of alkyl halides is 3. The Balaban J connectivity index is 2.24. The molecule has 6 nitrogen and oxygen atoms in total. The Labute approximate surface area is 103 Å². The summed E-state index contributed by atoms with van der Waals surface area (Å²) in [6, 6.07) is 0.786. The van der Waals surface area contributed by atoms with Crippen LogP contribution in [-0.4, -0.2) is 20.2 Å². The summed E-state index contributed by atoms with van der Waals surface area (Å²) in [5.74, 6) is -0.0693. The minimum absolute atomic E-state index is 0.0616. The van der Waals surface area contributed by atoms with Crippen molar-refractivity contribution >= 4 is 29.2 Å². The maximum Gasteiger partial charge on any atom is 0.432 e. The smallest absolute Gasteiger partial charge is 0.368 e. The van der Waals surface area contributed by atoms with Crippen LogP contribution in [0.25, 0.3) is 0 Å². The van der Waals surface area contributed by atoms with Crippen molar-refractivity contribution in [2.75, 3.05) is 11.1 Å². The highest BCUT2D eigenvalue weighted by Crippen LogP contribution is 2.30. The third-order valence-electron chi connectivity index (χ3n) is 1.89. The lowest BCUT2D eigenvalue weighted by atomic mass is 10.4. The van der Waals surface area contributed by atoms with E-state index in [-0.39, 0.29) is 22.6 Å². The van der Waals surface area contributed by atoms with Crippen molar-refractivity contribution in [2.24, 2.45) is 0 Å². The molecule has 0 aromatic carbocycles. The summed E-state index contributed by atoms with van der Waals surface area (Å²) >= 11 is 5.74. The molecule has 4 N–H and O–H groups in total. The van der Waals surface area contributed by atoms with Crippen molar-refractivity contribution in [3.05, 3.63) is 23.0 Å². The van der Waals surface area contributed by atoms with Gasteiger partial charge < -0.3 is 11.1 Å². The van der Waals surface area contributed by atoms with Gasteiger partial charge in [-0.1, -0.05) is 11.6 Å². The zero-order valence-electron chi connectivity index (χ0n) is 8.59. The molecule has 0 spiro atoms. The lowest BCUT2D eigenvalue weighted by Gasteiger charge is -2.04. The molecule has 0 aliphatic rings. The molecule has 0 aliphatic heterocycles. The van der Waals surface area contributed by atoms with Crippen molar-refractivity contribution in [3.8, 4) is 0 Å². The van der Waals surface area contributed by atoms with Gasteiger partial charge in [0.1, 0.15) is 10.7 Å². The first-order valence-electron chi connectivity index (χ1n) is 4.54. The number of H-pyrrole nitrogens is 1. The first-order valence-corrected chi connectivity index (χ1v) is 4.91. The van der Waals surface area contributed by atoms with E-state index in [0.717, 1.165) is 6.07 Å². The predicted octanol–water partition coefficient (Wildman–Crippen LogP) is 2.20. The van der Waals surface area contributed by atoms with E-state index in [1.165, 1.54) is 6.20 Å². The van der Waals surface area contributed by atoms with Crippen LogP contribution in [0.4, 0.5) is 30.8 Å². The van der Waals surface area contributed by atoms with Crippen molar-refractivity contribution in [1.29, 1.82) is 0 Å². The van der Waals surface area contributed by atoms with E-state index < -0.39 is 11.9 Å². The van der Waals surface area contributed by atoms with Crippen LogP contribution in [0.5, 0.6) is 0 Å². The number of nitrogens with two attached hydrogens (primary N) is 1. The van der Waals surface area contributed by atoms with Gasteiger partial charge in [-0.05, 0) is 0 Å². The Bertz CT molecular complexity index is 566. The topological polar surface area (TPSA) is 92.5 Å². The number of nitrogens with zero attached hydrogens (tertiary/aromatic N) is 3. The van der Waals surface area contributed by atoms with Crippen LogP contribution >= 0.6 is 11.6 Å². The van der Waals surface area contributed by atoms with Gasteiger partial charge in [0, 0.05) is 6.07 Å². The van der Waals surface area contributed by atoms with Crippen molar-refractivity contribution in [1.82, 2.24) is 20.2 Å². The second kappa shape index (κ2) is 4.33. The number of anilines is 3. The number of nitrogen functional groups attached to an aromatic ring is 1. The number of aromatic amines is 1. The van der Waals surface area contributed by atoms with Crippen molar-refractivity contribution in [3.63, 3.8) is 0 Å². The molecule has 0 unspecified atom stereocenters. The van der Waals surface area contributed by atoms with Crippen LogP contribution in [0.3, 0.4) is 0 Å². The molecular formula is C8H6ClF3N6. The van der Waals surface area contributed by atoms with Gasteiger partial charge >= 0.3 is 6.18 Å². The fourth-order valence-electron chi connectivity index (χ4n) is 1.12. The van der Waals surface area contributed by atoms with E-state index in [0.29, 0.717) is 0 Å². The molecule has 0 bridgehead atoms. The maximum absolute atomic E-state index is 12.3. The first kappa shape index (κ1) is 12.4. The summed E-state index contributed by atoms with van der Waals surface area (Å²) < 4.78 is 36.9. The largest absolute Gasteiger partial charge is 0.432 e. The quantitative estimate of drug-likeness (QED) is 0.783. The van der Waals surface area contributed by atoms with Gasteiger partial charge in [-0.15, -0.1) is 0 Å². The minimum atomic E-state index is -4.50. The number of aromatic nitrogens is 4. The highest BCUT2D eigenvalue weighted by molar-refractivity contribution is 6.32. The Morgan fingerprint density at radius 1 is 1.39 bits per heavy atom. The molecule has 0 saturated heterocycles. The Morgan fingerprint density at radius 2 is 2.11 bits per heavy atom. The normalized spacial score (nSPS) is 11.6. The second-order valence-corrected chi connectivity index (χ2v) is 3.62. The molecule has 0 amide bonds. The molecule has 2 rings (SSSR count). The van der Waals surface area contributed by atoms with Crippen molar-refractivity contribution in [2.45, 2.75) is 6.18 Å². The summed E-state index contributed by atoms with van der Waals surface area (Å²) in [6.45, 7) is 0. The molecule has 10 heteroatoms. The number of hydrogen-bond acceptors (Lipinski definition) is 5. The summed E-state index contributed by atoms with van der Waals surface area (Å²) in [4.78, 5) is 7.34. The predicted molar refractivity (Wildman–Crippen MR) is 58.3 cm³/mol. The minimum Gasteiger partial charge on any atom is -0.368 e. The van der Waals surface area contributed by atoms with E-state index in [4.69, 9.17) is 17.3 Å². The van der Waals surface area contributed by atoms with Gasteiger partial charge in [-0.3, -0.25) is 5.10 Å². The SMILES string of the molecule is Nc1ncc(Cl)c(Nc2cc(C(F)(F)F)[nH]n2)n1. The number of hydrogen-bond donors (Lipinski definition) is 3. The maximum atomic E-state index is 12.3. The summed E-state index contributed by atoms with van der Waals surface area (Å²) in [5, 5.41) is 7.89. The second-order valence-electron chi connectivity index (χ2n) is 3.21. The third-order valence-corrected chi connectivity index (χ3v) is 2.17. The molecule has 2 aromatic heterocycles. The van der Waals surface area contributed by atoms with Gasteiger partial charge in [0.15, 0.2) is 11.6 Å². The first-order chi connectivity index (χ1) is 8.36. The molecule has 0 aliphatic carbocycles. The monoisotopic (exact) mass is 278 g/mol. The Morgan fingerprint density at radius 3 is 2.72 bits per heavy atom. The van der Waals surface area contributed by atoms with Gasteiger partial charge in [0.25, 0.3) is 0 Å². The fourth-order valence-corrected chi connectivity index (χ4v) is 1.26. The third kappa shape index (κ3) is 2.62. The van der Waals surface area contributed by atoms with Gasteiger partial charge in [-0.2, -0.15) is 23.3 Å². The van der Waals surface area contributed by atoms with E-state index in [1.54, 1.807) is 0 Å². The standard InChI is InChI=1S/C8H6ClF3N6/c9-3-2-14-7(13)16-6(3)15-5-1-4(17-18-5)8(10,11)12/h1-2H,(H4,13,14,15,16,17,18). The highest BCUT2D eigenvalue weighted by atomic mass is 35.5. The van der Waals surface area contributed by atoms with Crippen LogP contribution < -0.4 is 11.1 Å². The Hall–Kier alpha value is -2.03. The van der Waals surface area contributed by atoms with Crippen LogP contribution in [0.15, 0.2) is 12.3 Å². The molecular weight excluding hydrogens is 273 g/mol. The summed E-state index contributed by atoms with van der Waals surface area (Å²) in [5.41, 5.74) is 4.34. The number of nitrogens with one attached hydrogen (secondary N) is 2. The lowest BCUT2D eigenvalue weighted by Crippen LogP contribution is -2.04. The average molecular weight is 279 g/mol. The summed E-state index contributed by atoms with van der Waals surface area (Å²) in [6.07, 6.45) is -3.27. The Kier molecular flexibility index (Phi) is 2.99. The van der Waals surface area contributed by atoms with Crippen LogP contribution in [0, 0.1) is 0 Å². The fraction of sp³-hybridized carbons (Fsp3) is 0.125. The van der Waals surface area contributed by atoms with E-state index in [2.05, 4.69) is 20.4 Å². The van der Waals surface area contributed by atoms with Crippen LogP contribution in [0.1, 0.15) is 5.69 Å². The molecule has 0 atom stereocenters. The van der Waals surface area contributed by atoms with Crippen LogP contribution in [-0.2, 0) is 6.18 Å². The molecule has 0 radical (unpaired) electrons. The zero-order chi connectivity index (χ0) is 13.3. The highest BCUT2D eigenvalue weighted by Gasteiger charge is 2.33. The number of rotatable bonds is 2. The molecule has 0 fully saturated rings. The van der Waals surface area contributed by atoms with Gasteiger partial charge in [0.2, 0.25) is 5.95 Å².